The van der Waals surface area contributed by atoms with Crippen molar-refractivity contribution in [2.75, 3.05) is 6.61 Å². The maximum Gasteiger partial charge on any atom is 0.120 e. The second-order valence-electron chi connectivity index (χ2n) is 3.17. The van der Waals surface area contributed by atoms with E-state index >= 15 is 0 Å². The molecule has 0 radical (unpaired) electrons. The van der Waals surface area contributed by atoms with Crippen LogP contribution >= 0.6 is 0 Å². The van der Waals surface area contributed by atoms with Gasteiger partial charge in [-0.25, -0.2) is 0 Å². The van der Waals surface area contributed by atoms with Crippen LogP contribution in [0.25, 0.3) is 0 Å². The lowest BCUT2D eigenvalue weighted by atomic mass is 10.0. The third-order valence-corrected chi connectivity index (χ3v) is 2.27. The second kappa shape index (κ2) is 5.05. The summed E-state index contributed by atoms with van der Waals surface area (Å²) in [5.74, 6) is 3.10. The Hall–Kier alpha value is -0.680. The van der Waals surface area contributed by atoms with E-state index in [1.54, 1.807) is 0 Å². The number of ether oxygens (including phenoxy) is 1. The molecule has 2 heteroatoms. The van der Waals surface area contributed by atoms with E-state index in [4.69, 9.17) is 4.74 Å². The van der Waals surface area contributed by atoms with Crippen molar-refractivity contribution in [3.05, 3.63) is 0 Å². The van der Waals surface area contributed by atoms with E-state index in [0.717, 1.165) is 12.8 Å². The van der Waals surface area contributed by atoms with Gasteiger partial charge in [-0.05, 0) is 31.6 Å². The highest BCUT2D eigenvalue weighted by atomic mass is 16.5. The third-order valence-electron chi connectivity index (χ3n) is 2.27. The van der Waals surface area contributed by atoms with Crippen molar-refractivity contribution < 1.29 is 9.84 Å². The Bertz CT molecular complexity index is 172. The molecule has 0 aliphatic heterocycles. The minimum atomic E-state index is -0.473. The summed E-state index contributed by atoms with van der Waals surface area (Å²) in [7, 11) is 0. The molecule has 0 aromatic rings. The largest absolute Gasteiger partial charge is 0.447 e. The molecule has 0 aromatic heterocycles. The molecule has 0 saturated heterocycles. The molecule has 0 amide bonds. The van der Waals surface area contributed by atoms with E-state index in [1.165, 1.54) is 12.8 Å². The third kappa shape index (κ3) is 2.75. The van der Waals surface area contributed by atoms with Crippen molar-refractivity contribution in [3.8, 4) is 12.0 Å². The summed E-state index contributed by atoms with van der Waals surface area (Å²) in [6.07, 6.45) is 6.73. The monoisotopic (exact) mass is 168 g/mol. The fourth-order valence-corrected chi connectivity index (χ4v) is 1.57. The van der Waals surface area contributed by atoms with Gasteiger partial charge in [0.15, 0.2) is 0 Å². The molecule has 1 rings (SSSR count). The van der Waals surface area contributed by atoms with Gasteiger partial charge < -0.3 is 9.84 Å². The van der Waals surface area contributed by atoms with E-state index in [9.17, 15) is 5.11 Å². The Morgan fingerprint density at radius 1 is 1.50 bits per heavy atom. The van der Waals surface area contributed by atoms with Crippen LogP contribution in [0.1, 0.15) is 32.6 Å². The molecular formula is C10H16O2. The normalized spacial score (nSPS) is 19.8. The Morgan fingerprint density at radius 3 is 2.75 bits per heavy atom. The van der Waals surface area contributed by atoms with Crippen LogP contribution < -0.4 is 0 Å². The molecule has 1 saturated carbocycles. The fourth-order valence-electron chi connectivity index (χ4n) is 1.57. The predicted octanol–water partition coefficient (Wildman–Crippen LogP) is 1.53. The van der Waals surface area contributed by atoms with Crippen molar-refractivity contribution in [3.63, 3.8) is 0 Å². The SMILES string of the molecule is CCOC#C[C@@H](O)C1CCCC1. The molecule has 1 atom stereocenters. The molecule has 1 aliphatic rings. The van der Waals surface area contributed by atoms with Crippen LogP contribution in [-0.4, -0.2) is 17.8 Å². The first-order valence-electron chi connectivity index (χ1n) is 4.65. The Balaban J connectivity index is 2.27. The minimum absolute atomic E-state index is 0.387. The molecule has 12 heavy (non-hydrogen) atoms. The summed E-state index contributed by atoms with van der Waals surface area (Å²) in [5, 5.41) is 9.52. The first-order chi connectivity index (χ1) is 5.84. The Morgan fingerprint density at radius 2 is 2.17 bits per heavy atom. The first kappa shape index (κ1) is 9.41. The number of rotatable bonds is 2. The van der Waals surface area contributed by atoms with Gasteiger partial charge in [0.2, 0.25) is 0 Å². The summed E-state index contributed by atoms with van der Waals surface area (Å²) in [6.45, 7) is 2.47. The van der Waals surface area contributed by atoms with Crippen molar-refractivity contribution in [2.45, 2.75) is 38.7 Å². The van der Waals surface area contributed by atoms with Gasteiger partial charge in [-0.2, -0.15) is 0 Å². The molecule has 0 bridgehead atoms. The number of hydrogen-bond donors (Lipinski definition) is 1. The summed E-state index contributed by atoms with van der Waals surface area (Å²) in [5.41, 5.74) is 0. The summed E-state index contributed by atoms with van der Waals surface area (Å²) in [4.78, 5) is 0. The lowest BCUT2D eigenvalue weighted by Gasteiger charge is -2.09. The molecular weight excluding hydrogens is 152 g/mol. The zero-order valence-electron chi connectivity index (χ0n) is 7.55. The van der Waals surface area contributed by atoms with Crippen LogP contribution in [0.3, 0.4) is 0 Å². The van der Waals surface area contributed by atoms with E-state index in [-0.39, 0.29) is 0 Å². The van der Waals surface area contributed by atoms with Gasteiger partial charge in [0.05, 0.1) is 6.61 Å². The number of hydrogen-bond acceptors (Lipinski definition) is 2. The van der Waals surface area contributed by atoms with E-state index in [0.29, 0.717) is 12.5 Å². The molecule has 1 N–H and O–H groups in total. The van der Waals surface area contributed by atoms with Gasteiger partial charge >= 0.3 is 0 Å². The minimum Gasteiger partial charge on any atom is -0.447 e. The van der Waals surface area contributed by atoms with Crippen LogP contribution in [0.2, 0.25) is 0 Å². The highest BCUT2D eigenvalue weighted by Gasteiger charge is 2.21. The molecule has 2 nitrogen and oxygen atoms in total. The molecule has 68 valence electrons. The lowest BCUT2D eigenvalue weighted by Crippen LogP contribution is -2.14. The average molecular weight is 168 g/mol. The fraction of sp³-hybridized carbons (Fsp3) is 0.800. The summed E-state index contributed by atoms with van der Waals surface area (Å²) < 4.78 is 4.84. The lowest BCUT2D eigenvalue weighted by molar-refractivity contribution is 0.163. The molecule has 0 unspecified atom stereocenters. The van der Waals surface area contributed by atoms with Crippen molar-refractivity contribution in [1.29, 1.82) is 0 Å². The molecule has 0 heterocycles. The highest BCUT2D eigenvalue weighted by molar-refractivity contribution is 5.02. The summed E-state index contributed by atoms with van der Waals surface area (Å²) >= 11 is 0. The topological polar surface area (TPSA) is 29.5 Å². The van der Waals surface area contributed by atoms with Gasteiger partial charge in [0.25, 0.3) is 0 Å². The van der Waals surface area contributed by atoms with Gasteiger partial charge in [-0.3, -0.25) is 0 Å². The zero-order chi connectivity index (χ0) is 8.81. The maximum atomic E-state index is 9.52. The number of aliphatic hydroxyl groups is 1. The second-order valence-corrected chi connectivity index (χ2v) is 3.17. The van der Waals surface area contributed by atoms with Gasteiger partial charge in [-0.1, -0.05) is 12.8 Å². The van der Waals surface area contributed by atoms with Gasteiger partial charge in [0.1, 0.15) is 12.2 Å². The van der Waals surface area contributed by atoms with Gasteiger partial charge in [-0.15, -0.1) is 0 Å². The maximum absolute atomic E-state index is 9.52. The Labute approximate surface area is 73.9 Å². The van der Waals surface area contributed by atoms with Gasteiger partial charge in [0, 0.05) is 0 Å². The van der Waals surface area contributed by atoms with Crippen molar-refractivity contribution in [2.24, 2.45) is 5.92 Å². The molecule has 1 aliphatic carbocycles. The zero-order valence-corrected chi connectivity index (χ0v) is 7.55. The first-order valence-corrected chi connectivity index (χ1v) is 4.65. The van der Waals surface area contributed by atoms with Crippen molar-refractivity contribution in [1.82, 2.24) is 0 Å². The molecule has 0 aromatic carbocycles. The molecule has 1 fully saturated rings. The predicted molar refractivity (Wildman–Crippen MR) is 47.4 cm³/mol. The van der Waals surface area contributed by atoms with E-state index in [1.807, 2.05) is 6.92 Å². The quantitative estimate of drug-likeness (QED) is 0.634. The van der Waals surface area contributed by atoms with E-state index in [2.05, 4.69) is 12.0 Å². The standard InChI is InChI=1S/C10H16O2/c1-2-12-8-7-10(11)9-5-3-4-6-9/h9-11H,2-6H2,1H3/t10-/m1/s1. The number of aliphatic hydroxyl groups excluding tert-OH is 1. The average Bonchev–Trinajstić information content (AvgIpc) is 2.56. The van der Waals surface area contributed by atoms with Crippen LogP contribution in [0.4, 0.5) is 0 Å². The van der Waals surface area contributed by atoms with Crippen LogP contribution in [0.5, 0.6) is 0 Å². The van der Waals surface area contributed by atoms with Crippen LogP contribution in [-0.2, 0) is 4.74 Å². The smallest absolute Gasteiger partial charge is 0.120 e. The van der Waals surface area contributed by atoms with Crippen LogP contribution in [0, 0.1) is 17.9 Å². The molecule has 0 spiro atoms. The summed E-state index contributed by atoms with van der Waals surface area (Å²) in [6, 6.07) is 0. The highest BCUT2D eigenvalue weighted by Crippen LogP contribution is 2.27. The van der Waals surface area contributed by atoms with E-state index < -0.39 is 6.10 Å². The Kier molecular flexibility index (Phi) is 3.96. The van der Waals surface area contributed by atoms with Crippen LogP contribution in [0.15, 0.2) is 0 Å². The van der Waals surface area contributed by atoms with Crippen molar-refractivity contribution >= 4 is 0 Å².